The van der Waals surface area contributed by atoms with E-state index in [1.807, 2.05) is 0 Å². The molecule has 0 heterocycles. The highest BCUT2D eigenvalue weighted by Crippen LogP contribution is 2.63. The van der Waals surface area contributed by atoms with Crippen molar-refractivity contribution in [1.82, 2.24) is 0 Å². The number of carbonyl (C=O) groups is 1. The monoisotopic (exact) mass is 232 g/mol. The molecular weight excluding hydrogens is 216 g/mol. The van der Waals surface area contributed by atoms with Crippen LogP contribution in [0.3, 0.4) is 0 Å². The highest BCUT2D eigenvalue weighted by atomic mass is 32.2. The van der Waals surface area contributed by atoms with Crippen LogP contribution in [0.25, 0.3) is 0 Å². The van der Waals surface area contributed by atoms with Crippen LogP contribution in [-0.2, 0) is 20.3 Å². The molecule has 15 heavy (non-hydrogen) atoms. The number of hydrogen-bond donors (Lipinski definition) is 1. The van der Waals surface area contributed by atoms with Gasteiger partial charge in [0.15, 0.2) is 0 Å². The first-order valence-corrected chi connectivity index (χ1v) is 6.21. The van der Waals surface area contributed by atoms with Gasteiger partial charge >= 0.3 is 11.4 Å². The summed E-state index contributed by atoms with van der Waals surface area (Å²) in [6, 6.07) is 0. The molecule has 86 valence electrons. The van der Waals surface area contributed by atoms with E-state index in [9.17, 15) is 9.00 Å². The topological polar surface area (TPSA) is 63.6 Å². The third kappa shape index (κ3) is 1.40. The van der Waals surface area contributed by atoms with Crippen LogP contribution in [0.15, 0.2) is 0 Å². The first kappa shape index (κ1) is 11.2. The molecule has 0 aliphatic heterocycles. The van der Waals surface area contributed by atoms with Gasteiger partial charge < -0.3 is 0 Å². The largest absolute Gasteiger partial charge is 0.301 e. The number of ketones is 1. The zero-order valence-electron chi connectivity index (χ0n) is 8.99. The maximum Gasteiger partial charge on any atom is 0.301 e. The van der Waals surface area contributed by atoms with Gasteiger partial charge in [-0.3, -0.25) is 13.5 Å². The van der Waals surface area contributed by atoms with Gasteiger partial charge in [-0.15, -0.1) is 0 Å². The third-order valence-corrected chi connectivity index (χ3v) is 4.86. The fourth-order valence-corrected chi connectivity index (χ4v) is 3.56. The molecule has 0 aromatic carbocycles. The van der Waals surface area contributed by atoms with Crippen molar-refractivity contribution in [3.05, 3.63) is 0 Å². The van der Waals surface area contributed by atoms with Crippen molar-refractivity contribution >= 4 is 17.1 Å². The Morgan fingerprint density at radius 3 is 2.67 bits per heavy atom. The molecule has 0 aromatic rings. The lowest BCUT2D eigenvalue weighted by atomic mass is 9.69. The lowest BCUT2D eigenvalue weighted by Crippen LogP contribution is -2.40. The molecule has 4 nitrogen and oxygen atoms in total. The summed E-state index contributed by atoms with van der Waals surface area (Å²) in [5, 5.41) is 0. The predicted octanol–water partition coefficient (Wildman–Crippen LogP) is 1.54. The summed E-state index contributed by atoms with van der Waals surface area (Å²) in [6.45, 7) is 4.22. The van der Waals surface area contributed by atoms with E-state index >= 15 is 0 Å². The first-order valence-electron chi connectivity index (χ1n) is 5.17. The Morgan fingerprint density at radius 1 is 1.60 bits per heavy atom. The lowest BCUT2D eigenvalue weighted by Gasteiger charge is -2.35. The predicted molar refractivity (Wildman–Crippen MR) is 55.3 cm³/mol. The fraction of sp³-hybridized carbons (Fsp3) is 0.900. The highest BCUT2D eigenvalue weighted by molar-refractivity contribution is 7.74. The van der Waals surface area contributed by atoms with Gasteiger partial charge in [0.25, 0.3) is 0 Å². The lowest BCUT2D eigenvalue weighted by molar-refractivity contribution is -0.131. The van der Waals surface area contributed by atoms with E-state index in [4.69, 9.17) is 8.74 Å². The number of rotatable bonds is 3. The van der Waals surface area contributed by atoms with Crippen LogP contribution in [0.2, 0.25) is 0 Å². The van der Waals surface area contributed by atoms with E-state index < -0.39 is 16.8 Å². The summed E-state index contributed by atoms with van der Waals surface area (Å²) in [7, 11) is 0. The Labute approximate surface area is 91.9 Å². The molecule has 0 spiro atoms. The Bertz CT molecular complexity index is 325. The van der Waals surface area contributed by atoms with Crippen molar-refractivity contribution in [3.8, 4) is 0 Å². The summed E-state index contributed by atoms with van der Waals surface area (Å²) >= 11 is -2.27. The average molecular weight is 232 g/mol. The van der Waals surface area contributed by atoms with Crippen LogP contribution < -0.4 is 0 Å². The summed E-state index contributed by atoms with van der Waals surface area (Å²) in [4.78, 5) is 11.9. The van der Waals surface area contributed by atoms with E-state index in [-0.39, 0.29) is 17.8 Å². The van der Waals surface area contributed by atoms with Crippen LogP contribution in [0, 0.1) is 16.7 Å². The summed E-state index contributed by atoms with van der Waals surface area (Å²) in [5.74, 6) is 0.620. The van der Waals surface area contributed by atoms with E-state index in [1.54, 1.807) is 0 Å². The molecule has 2 saturated carbocycles. The Kier molecular flexibility index (Phi) is 2.52. The minimum absolute atomic E-state index is 0.0818. The first-order chi connectivity index (χ1) is 6.90. The molecule has 2 unspecified atom stereocenters. The van der Waals surface area contributed by atoms with Crippen LogP contribution in [-0.4, -0.2) is 21.2 Å². The second kappa shape index (κ2) is 3.37. The fourth-order valence-electron chi connectivity index (χ4n) is 3.26. The van der Waals surface area contributed by atoms with Gasteiger partial charge in [0.05, 0.1) is 12.0 Å². The second-order valence-electron chi connectivity index (χ2n) is 5.15. The van der Waals surface area contributed by atoms with Gasteiger partial charge in [-0.2, -0.15) is 4.21 Å². The molecular formula is C10H16O4S. The smallest absolute Gasteiger partial charge is 0.299 e. The van der Waals surface area contributed by atoms with Gasteiger partial charge in [-0.05, 0) is 24.2 Å². The average Bonchev–Trinajstić information content (AvgIpc) is 2.47. The Morgan fingerprint density at radius 2 is 2.27 bits per heavy atom. The SMILES string of the molecule is CC1(C)C2CC[C@]1(COS(=O)O)C(=O)C2. The maximum atomic E-state index is 11.9. The molecule has 0 radical (unpaired) electrons. The van der Waals surface area contributed by atoms with E-state index in [1.165, 1.54) is 0 Å². The molecule has 3 atom stereocenters. The Hall–Kier alpha value is -0.260. The second-order valence-corrected chi connectivity index (χ2v) is 5.82. The molecule has 1 N–H and O–H groups in total. The van der Waals surface area contributed by atoms with Crippen LogP contribution >= 0.6 is 0 Å². The third-order valence-electron chi connectivity index (χ3n) is 4.55. The van der Waals surface area contributed by atoms with Crippen molar-refractivity contribution < 1.29 is 17.7 Å². The van der Waals surface area contributed by atoms with E-state index in [2.05, 4.69) is 13.8 Å². The summed E-state index contributed by atoms with van der Waals surface area (Å²) in [5.41, 5.74) is -0.612. The van der Waals surface area contributed by atoms with Gasteiger partial charge in [0.2, 0.25) is 0 Å². The van der Waals surface area contributed by atoms with Gasteiger partial charge in [0, 0.05) is 6.42 Å². The number of carbonyl (C=O) groups excluding carboxylic acids is 1. The molecule has 2 fully saturated rings. The normalized spacial score (nSPS) is 39.7. The van der Waals surface area contributed by atoms with Gasteiger partial charge in [0.1, 0.15) is 5.78 Å². The van der Waals surface area contributed by atoms with E-state index in [0.29, 0.717) is 12.3 Å². The standard InChI is InChI=1S/C10H16O4S/c1-9(2)7-3-4-10(9,8(11)5-7)6-14-15(12)13/h7H,3-6H2,1-2H3,(H,12,13)/t7?,10-/m0/s1. The zero-order valence-corrected chi connectivity index (χ0v) is 9.80. The molecule has 0 saturated heterocycles. The summed E-state index contributed by atoms with van der Waals surface area (Å²) in [6.07, 6.45) is 2.43. The molecule has 0 aromatic heterocycles. The number of Topliss-reactive ketones (excluding diaryl/α,β-unsaturated/α-hetero) is 1. The minimum Gasteiger partial charge on any atom is -0.299 e. The van der Waals surface area contributed by atoms with Crippen LogP contribution in [0.5, 0.6) is 0 Å². The molecule has 2 bridgehead atoms. The molecule has 2 aliphatic carbocycles. The quantitative estimate of drug-likeness (QED) is 0.750. The van der Waals surface area contributed by atoms with Crippen molar-refractivity contribution in [2.45, 2.75) is 33.1 Å². The number of hydrogen-bond acceptors (Lipinski definition) is 3. The zero-order chi connectivity index (χ0) is 11.3. The van der Waals surface area contributed by atoms with E-state index in [0.717, 1.165) is 12.8 Å². The molecule has 2 aliphatic rings. The van der Waals surface area contributed by atoms with Gasteiger partial charge in [-0.1, -0.05) is 13.8 Å². The van der Waals surface area contributed by atoms with Gasteiger partial charge in [-0.25, -0.2) is 0 Å². The molecule has 2 rings (SSSR count). The maximum absolute atomic E-state index is 11.9. The van der Waals surface area contributed by atoms with Crippen LogP contribution in [0.4, 0.5) is 0 Å². The minimum atomic E-state index is -2.27. The van der Waals surface area contributed by atoms with Crippen molar-refractivity contribution in [2.24, 2.45) is 16.7 Å². The molecule has 0 amide bonds. The van der Waals surface area contributed by atoms with Crippen molar-refractivity contribution in [3.63, 3.8) is 0 Å². The summed E-state index contributed by atoms with van der Waals surface area (Å²) < 4.78 is 23.9. The van der Waals surface area contributed by atoms with Crippen LogP contribution in [0.1, 0.15) is 33.1 Å². The number of fused-ring (bicyclic) bond motifs is 2. The van der Waals surface area contributed by atoms with Crippen molar-refractivity contribution in [2.75, 3.05) is 6.61 Å². The highest BCUT2D eigenvalue weighted by Gasteiger charge is 2.64. The Balaban J connectivity index is 2.24. The van der Waals surface area contributed by atoms with Crippen molar-refractivity contribution in [1.29, 1.82) is 0 Å². The molecule has 5 heteroatoms.